The molecule has 46 valence electrons. The number of alkyl halides is 1. The molecule has 0 aliphatic carbocycles. The Bertz CT molecular complexity index is 102. The molecule has 0 heterocycles. The third-order valence-electron chi connectivity index (χ3n) is 0.431. The van der Waals surface area contributed by atoms with E-state index in [1.54, 1.807) is 0 Å². The fourth-order valence-electron chi connectivity index (χ4n) is 0.177. The summed E-state index contributed by atoms with van der Waals surface area (Å²) >= 11 is 5.04. The monoisotopic (exact) mass is 135 g/mol. The van der Waals surface area contributed by atoms with Crippen LogP contribution in [0.3, 0.4) is 0 Å². The number of aliphatic hydroxyl groups excluding tert-OH is 1. The van der Waals surface area contributed by atoms with Gasteiger partial charge in [-0.3, -0.25) is 4.79 Å². The van der Waals surface area contributed by atoms with E-state index < -0.39 is 5.91 Å². The van der Waals surface area contributed by atoms with Gasteiger partial charge in [-0.15, -0.1) is 11.6 Å². The molecule has 0 unspecified atom stereocenters. The molecule has 0 saturated carbocycles. The largest absolute Gasteiger partial charge is 0.391 e. The highest BCUT2D eigenvalue weighted by Gasteiger charge is 1.88. The highest BCUT2D eigenvalue weighted by Crippen LogP contribution is 1.77. The zero-order valence-electron chi connectivity index (χ0n) is 4.17. The van der Waals surface area contributed by atoms with E-state index in [4.69, 9.17) is 16.7 Å². The van der Waals surface area contributed by atoms with Gasteiger partial charge in [-0.25, -0.2) is 4.99 Å². The highest BCUT2D eigenvalue weighted by atomic mass is 35.5. The van der Waals surface area contributed by atoms with E-state index in [0.717, 1.165) is 6.21 Å². The molecule has 0 aromatic rings. The van der Waals surface area contributed by atoms with E-state index in [2.05, 4.69) is 4.99 Å². The van der Waals surface area contributed by atoms with E-state index >= 15 is 0 Å². The molecule has 0 fully saturated rings. The number of carbonyl (C=O) groups is 1. The van der Waals surface area contributed by atoms with Crippen molar-refractivity contribution in [1.82, 2.24) is 0 Å². The summed E-state index contributed by atoms with van der Waals surface area (Å²) in [6.45, 7) is -0.220. The highest BCUT2D eigenvalue weighted by molar-refractivity contribution is 6.27. The van der Waals surface area contributed by atoms with Crippen molar-refractivity contribution in [3.63, 3.8) is 0 Å². The molecule has 3 nitrogen and oxygen atoms in total. The molecule has 0 aliphatic heterocycles. The summed E-state index contributed by atoms with van der Waals surface area (Å²) in [6.07, 6.45) is 1.10. The molecular weight excluding hydrogens is 130 g/mol. The van der Waals surface area contributed by atoms with E-state index in [9.17, 15) is 4.79 Å². The fourth-order valence-corrected chi connectivity index (χ4v) is 0.246. The molecule has 4 heteroatoms. The van der Waals surface area contributed by atoms with Crippen molar-refractivity contribution in [3.05, 3.63) is 0 Å². The zero-order valence-corrected chi connectivity index (χ0v) is 4.93. The quantitative estimate of drug-likeness (QED) is 0.422. The standard InChI is InChI=1S/C4H6ClNO2/c5-3-4(8)6-1-2-7/h1,7H,2-3H2. The average Bonchev–Trinajstić information content (AvgIpc) is 1.83. The smallest absolute Gasteiger partial charge is 0.260 e. The molecule has 0 spiro atoms. The summed E-state index contributed by atoms with van der Waals surface area (Å²) in [7, 11) is 0. The van der Waals surface area contributed by atoms with Gasteiger partial charge in [0.05, 0.1) is 6.61 Å². The first-order valence-corrected chi connectivity index (χ1v) is 2.57. The number of amides is 1. The Hall–Kier alpha value is -0.410. The van der Waals surface area contributed by atoms with Crippen molar-refractivity contribution < 1.29 is 9.90 Å². The van der Waals surface area contributed by atoms with Crippen LogP contribution in [-0.2, 0) is 4.79 Å². The molecule has 0 radical (unpaired) electrons. The normalized spacial score (nSPS) is 10.2. The van der Waals surface area contributed by atoms with Crippen LogP contribution < -0.4 is 0 Å². The van der Waals surface area contributed by atoms with Crippen LogP contribution in [0.25, 0.3) is 0 Å². The molecule has 0 aromatic carbocycles. The third-order valence-corrected chi connectivity index (χ3v) is 0.660. The Labute approximate surface area is 52.0 Å². The first kappa shape index (κ1) is 7.59. The number of rotatable bonds is 2. The molecule has 0 bridgehead atoms. The maximum absolute atomic E-state index is 10.1. The molecular formula is C4H6ClNO2. The third kappa shape index (κ3) is 3.77. The van der Waals surface area contributed by atoms with Gasteiger partial charge in [0.25, 0.3) is 5.91 Å². The molecule has 0 saturated heterocycles. The first-order valence-electron chi connectivity index (χ1n) is 2.03. The minimum absolute atomic E-state index is 0.128. The van der Waals surface area contributed by atoms with Crippen LogP contribution >= 0.6 is 11.6 Å². The molecule has 1 N–H and O–H groups in total. The Morgan fingerprint density at radius 3 is 2.88 bits per heavy atom. The predicted molar refractivity (Wildman–Crippen MR) is 31.3 cm³/mol. The van der Waals surface area contributed by atoms with E-state index in [1.807, 2.05) is 0 Å². The van der Waals surface area contributed by atoms with Crippen molar-refractivity contribution >= 4 is 23.7 Å². The predicted octanol–water partition coefficient (Wildman–Crippen LogP) is -0.185. The van der Waals surface area contributed by atoms with Gasteiger partial charge in [0.2, 0.25) is 0 Å². The summed E-state index contributed by atoms with van der Waals surface area (Å²) in [5.74, 6) is -0.558. The van der Waals surface area contributed by atoms with E-state index in [1.165, 1.54) is 0 Å². The molecule has 0 atom stereocenters. The molecule has 1 amide bonds. The Kier molecular flexibility index (Phi) is 4.50. The minimum atomic E-state index is -0.430. The molecule has 8 heavy (non-hydrogen) atoms. The van der Waals surface area contributed by atoms with Crippen molar-refractivity contribution in [1.29, 1.82) is 0 Å². The van der Waals surface area contributed by atoms with E-state index in [-0.39, 0.29) is 12.5 Å². The van der Waals surface area contributed by atoms with Crippen LogP contribution in [0.1, 0.15) is 0 Å². The number of carbonyl (C=O) groups excluding carboxylic acids is 1. The van der Waals surface area contributed by atoms with Gasteiger partial charge in [0.15, 0.2) is 0 Å². The lowest BCUT2D eigenvalue weighted by atomic mass is 10.7. The van der Waals surface area contributed by atoms with Crippen LogP contribution in [0.4, 0.5) is 0 Å². The summed E-state index contributed by atoms with van der Waals surface area (Å²) in [5, 5.41) is 8.07. The van der Waals surface area contributed by atoms with Gasteiger partial charge in [-0.05, 0) is 0 Å². The number of hydrogen-bond acceptors (Lipinski definition) is 2. The second kappa shape index (κ2) is 4.74. The number of halogens is 1. The van der Waals surface area contributed by atoms with Crippen molar-refractivity contribution in [2.75, 3.05) is 12.5 Å². The van der Waals surface area contributed by atoms with Gasteiger partial charge in [-0.1, -0.05) is 0 Å². The van der Waals surface area contributed by atoms with Gasteiger partial charge in [0, 0.05) is 6.21 Å². The summed E-state index contributed by atoms with van der Waals surface area (Å²) < 4.78 is 0. The first-order chi connectivity index (χ1) is 3.81. The van der Waals surface area contributed by atoms with Crippen LogP contribution in [0.15, 0.2) is 4.99 Å². The van der Waals surface area contributed by atoms with Gasteiger partial charge in [0.1, 0.15) is 5.88 Å². The van der Waals surface area contributed by atoms with Crippen molar-refractivity contribution in [2.45, 2.75) is 0 Å². The number of hydrogen-bond donors (Lipinski definition) is 1. The second-order valence-electron chi connectivity index (χ2n) is 1.02. The summed E-state index contributed by atoms with van der Waals surface area (Å²) in [5.41, 5.74) is 0. The Morgan fingerprint density at radius 2 is 2.50 bits per heavy atom. The van der Waals surface area contributed by atoms with Crippen molar-refractivity contribution in [3.8, 4) is 0 Å². The number of aliphatic hydroxyl groups is 1. The average molecular weight is 136 g/mol. The summed E-state index contributed by atoms with van der Waals surface area (Å²) in [4.78, 5) is 13.3. The fraction of sp³-hybridized carbons (Fsp3) is 0.500. The van der Waals surface area contributed by atoms with Crippen molar-refractivity contribution in [2.24, 2.45) is 4.99 Å². The Morgan fingerprint density at radius 1 is 1.88 bits per heavy atom. The topological polar surface area (TPSA) is 49.7 Å². The number of nitrogens with zero attached hydrogens (tertiary/aromatic N) is 1. The minimum Gasteiger partial charge on any atom is -0.391 e. The number of aliphatic imine (C=N–C) groups is 1. The van der Waals surface area contributed by atoms with E-state index in [0.29, 0.717) is 0 Å². The second-order valence-corrected chi connectivity index (χ2v) is 1.29. The zero-order chi connectivity index (χ0) is 6.41. The van der Waals surface area contributed by atoms with Gasteiger partial charge < -0.3 is 5.11 Å². The SMILES string of the molecule is O=C(CCl)N=CCO. The Balaban J connectivity index is 3.37. The lowest BCUT2D eigenvalue weighted by molar-refractivity contribution is -0.115. The van der Waals surface area contributed by atoms with Crippen LogP contribution in [0, 0.1) is 0 Å². The molecule has 0 rings (SSSR count). The van der Waals surface area contributed by atoms with Crippen LogP contribution in [0.5, 0.6) is 0 Å². The maximum Gasteiger partial charge on any atom is 0.260 e. The maximum atomic E-state index is 10.1. The summed E-state index contributed by atoms with van der Waals surface area (Å²) in [6, 6.07) is 0. The van der Waals surface area contributed by atoms with Gasteiger partial charge >= 0.3 is 0 Å². The lowest BCUT2D eigenvalue weighted by Crippen LogP contribution is -1.95. The molecule has 0 aromatic heterocycles. The lowest BCUT2D eigenvalue weighted by Gasteiger charge is -1.79. The van der Waals surface area contributed by atoms with Gasteiger partial charge in [-0.2, -0.15) is 0 Å². The molecule has 0 aliphatic rings. The van der Waals surface area contributed by atoms with Crippen LogP contribution in [0.2, 0.25) is 0 Å². The van der Waals surface area contributed by atoms with Crippen LogP contribution in [-0.4, -0.2) is 29.7 Å².